The molecule has 114 valence electrons. The number of aryl methyl sites for hydroxylation is 1. The molecule has 0 saturated heterocycles. The number of hydrogen-bond acceptors (Lipinski definition) is 4. The SMILES string of the molecule is N[C@@H](CCc1ccccc1)C(=O)NC(CC(=O)O)C(=O)O. The molecular weight excluding hydrogens is 276 g/mol. The van der Waals surface area contributed by atoms with E-state index in [-0.39, 0.29) is 0 Å². The molecule has 1 rings (SSSR count). The molecule has 0 heterocycles. The molecule has 0 aliphatic carbocycles. The van der Waals surface area contributed by atoms with Crippen molar-refractivity contribution in [3.63, 3.8) is 0 Å². The van der Waals surface area contributed by atoms with Crippen LogP contribution in [0.4, 0.5) is 0 Å². The van der Waals surface area contributed by atoms with Gasteiger partial charge >= 0.3 is 11.9 Å². The van der Waals surface area contributed by atoms with Gasteiger partial charge in [-0.05, 0) is 18.4 Å². The molecule has 5 N–H and O–H groups in total. The summed E-state index contributed by atoms with van der Waals surface area (Å²) in [7, 11) is 0. The fourth-order valence-electron chi connectivity index (χ4n) is 1.75. The van der Waals surface area contributed by atoms with Crippen molar-refractivity contribution in [3.05, 3.63) is 35.9 Å². The maximum Gasteiger partial charge on any atom is 0.326 e. The number of benzene rings is 1. The highest BCUT2D eigenvalue weighted by Gasteiger charge is 2.25. The number of carbonyl (C=O) groups is 3. The third-order valence-corrected chi connectivity index (χ3v) is 2.92. The fourth-order valence-corrected chi connectivity index (χ4v) is 1.75. The van der Waals surface area contributed by atoms with Gasteiger partial charge in [0.2, 0.25) is 5.91 Å². The number of carboxylic acids is 2. The van der Waals surface area contributed by atoms with Gasteiger partial charge in [0.15, 0.2) is 0 Å². The van der Waals surface area contributed by atoms with Crippen LogP contribution in [0.1, 0.15) is 18.4 Å². The number of aliphatic carboxylic acids is 2. The van der Waals surface area contributed by atoms with Crippen molar-refractivity contribution in [2.45, 2.75) is 31.3 Å². The Morgan fingerprint density at radius 1 is 1.14 bits per heavy atom. The van der Waals surface area contributed by atoms with Crippen molar-refractivity contribution in [1.29, 1.82) is 0 Å². The predicted molar refractivity (Wildman–Crippen MR) is 74.6 cm³/mol. The first-order valence-corrected chi connectivity index (χ1v) is 6.44. The van der Waals surface area contributed by atoms with Crippen LogP contribution < -0.4 is 11.1 Å². The third-order valence-electron chi connectivity index (χ3n) is 2.92. The summed E-state index contributed by atoms with van der Waals surface area (Å²) < 4.78 is 0. The monoisotopic (exact) mass is 294 g/mol. The Morgan fingerprint density at radius 2 is 1.76 bits per heavy atom. The minimum absolute atomic E-state index is 0.343. The maximum absolute atomic E-state index is 11.8. The molecule has 0 aliphatic heterocycles. The highest BCUT2D eigenvalue weighted by atomic mass is 16.4. The third kappa shape index (κ3) is 6.05. The molecule has 1 aromatic rings. The van der Waals surface area contributed by atoms with Crippen molar-refractivity contribution >= 4 is 17.8 Å². The first-order valence-electron chi connectivity index (χ1n) is 6.44. The maximum atomic E-state index is 11.8. The topological polar surface area (TPSA) is 130 Å². The zero-order chi connectivity index (χ0) is 15.8. The molecule has 0 aliphatic rings. The van der Waals surface area contributed by atoms with Gasteiger partial charge in [0.25, 0.3) is 0 Å². The lowest BCUT2D eigenvalue weighted by molar-refractivity contribution is -0.147. The zero-order valence-corrected chi connectivity index (χ0v) is 11.4. The second kappa shape index (κ2) is 8.01. The van der Waals surface area contributed by atoms with Gasteiger partial charge in [0.1, 0.15) is 6.04 Å². The van der Waals surface area contributed by atoms with Crippen LogP contribution in [0.5, 0.6) is 0 Å². The van der Waals surface area contributed by atoms with Gasteiger partial charge in [0.05, 0.1) is 12.5 Å². The Labute approximate surface area is 121 Å². The Morgan fingerprint density at radius 3 is 2.29 bits per heavy atom. The number of carboxylic acid groups (broad SMARTS) is 2. The second-order valence-electron chi connectivity index (χ2n) is 4.63. The molecule has 1 unspecified atom stereocenters. The lowest BCUT2D eigenvalue weighted by atomic mass is 10.0. The molecule has 0 spiro atoms. The van der Waals surface area contributed by atoms with Crippen molar-refractivity contribution in [2.75, 3.05) is 0 Å². The van der Waals surface area contributed by atoms with Crippen LogP contribution in [-0.4, -0.2) is 40.1 Å². The summed E-state index contributed by atoms with van der Waals surface area (Å²) in [6.45, 7) is 0. The Balaban J connectivity index is 2.49. The molecule has 0 radical (unpaired) electrons. The smallest absolute Gasteiger partial charge is 0.326 e. The van der Waals surface area contributed by atoms with Crippen molar-refractivity contribution in [2.24, 2.45) is 5.73 Å². The average molecular weight is 294 g/mol. The molecular formula is C14H18N2O5. The first-order chi connectivity index (χ1) is 9.90. The lowest BCUT2D eigenvalue weighted by Crippen LogP contribution is -2.49. The Bertz CT molecular complexity index is 503. The van der Waals surface area contributed by atoms with E-state index in [2.05, 4.69) is 5.32 Å². The van der Waals surface area contributed by atoms with Crippen molar-refractivity contribution < 1.29 is 24.6 Å². The van der Waals surface area contributed by atoms with Crippen LogP contribution in [0, 0.1) is 0 Å². The van der Waals surface area contributed by atoms with Crippen LogP contribution in [-0.2, 0) is 20.8 Å². The van der Waals surface area contributed by atoms with E-state index in [1.807, 2.05) is 30.3 Å². The van der Waals surface area contributed by atoms with Gasteiger partial charge in [-0.15, -0.1) is 0 Å². The number of nitrogens with one attached hydrogen (secondary N) is 1. The van der Waals surface area contributed by atoms with E-state index in [9.17, 15) is 14.4 Å². The predicted octanol–water partition coefficient (Wildman–Crippen LogP) is -0.00940. The molecule has 0 saturated carbocycles. The minimum atomic E-state index is -1.47. The Hall–Kier alpha value is -2.41. The van der Waals surface area contributed by atoms with Gasteiger partial charge in [0, 0.05) is 0 Å². The number of rotatable bonds is 8. The Kier molecular flexibility index (Phi) is 6.35. The summed E-state index contributed by atoms with van der Waals surface area (Å²) in [5.74, 6) is -3.37. The van der Waals surface area contributed by atoms with Gasteiger partial charge in [-0.1, -0.05) is 30.3 Å². The van der Waals surface area contributed by atoms with E-state index in [1.165, 1.54) is 0 Å². The van der Waals surface area contributed by atoms with Crippen molar-refractivity contribution in [1.82, 2.24) is 5.32 Å². The van der Waals surface area contributed by atoms with E-state index < -0.39 is 36.4 Å². The van der Waals surface area contributed by atoms with Gasteiger partial charge in [-0.25, -0.2) is 4.79 Å². The van der Waals surface area contributed by atoms with E-state index in [1.54, 1.807) is 0 Å². The summed E-state index contributed by atoms with van der Waals surface area (Å²) in [6, 6.07) is 7.05. The van der Waals surface area contributed by atoms with Crippen molar-refractivity contribution in [3.8, 4) is 0 Å². The quantitative estimate of drug-likeness (QED) is 0.533. The highest BCUT2D eigenvalue weighted by Crippen LogP contribution is 2.04. The average Bonchev–Trinajstić information content (AvgIpc) is 2.44. The van der Waals surface area contributed by atoms with E-state index in [0.29, 0.717) is 12.8 Å². The van der Waals surface area contributed by atoms with Gasteiger partial charge in [-0.2, -0.15) is 0 Å². The molecule has 1 aromatic carbocycles. The van der Waals surface area contributed by atoms with Gasteiger partial charge in [-0.3, -0.25) is 9.59 Å². The minimum Gasteiger partial charge on any atom is -0.481 e. The van der Waals surface area contributed by atoms with E-state index in [0.717, 1.165) is 5.56 Å². The molecule has 0 bridgehead atoms. The summed E-state index contributed by atoms with van der Waals surface area (Å²) in [5, 5.41) is 19.6. The summed E-state index contributed by atoms with van der Waals surface area (Å²) in [4.78, 5) is 33.2. The molecule has 7 nitrogen and oxygen atoms in total. The number of carbonyl (C=O) groups excluding carboxylic acids is 1. The first kappa shape index (κ1) is 16.6. The standard InChI is InChI=1S/C14H18N2O5/c15-10(7-6-9-4-2-1-3-5-9)13(19)16-11(14(20)21)8-12(17)18/h1-5,10-11H,6-8,15H2,(H,16,19)(H,17,18)(H,20,21)/t10-,11?/m0/s1. The molecule has 0 aromatic heterocycles. The largest absolute Gasteiger partial charge is 0.481 e. The summed E-state index contributed by atoms with van der Waals surface area (Å²) in [5.41, 5.74) is 6.71. The van der Waals surface area contributed by atoms with E-state index >= 15 is 0 Å². The van der Waals surface area contributed by atoms with Crippen LogP contribution in [0.25, 0.3) is 0 Å². The fraction of sp³-hybridized carbons (Fsp3) is 0.357. The molecule has 21 heavy (non-hydrogen) atoms. The van der Waals surface area contributed by atoms with Gasteiger partial charge < -0.3 is 21.3 Å². The highest BCUT2D eigenvalue weighted by molar-refractivity contribution is 5.89. The number of amides is 1. The molecule has 1 amide bonds. The molecule has 7 heteroatoms. The molecule has 2 atom stereocenters. The van der Waals surface area contributed by atoms with E-state index in [4.69, 9.17) is 15.9 Å². The molecule has 0 fully saturated rings. The number of nitrogens with two attached hydrogens (primary N) is 1. The summed E-state index contributed by atoms with van der Waals surface area (Å²) >= 11 is 0. The second-order valence-corrected chi connectivity index (χ2v) is 4.63. The number of hydrogen-bond donors (Lipinski definition) is 4. The zero-order valence-electron chi connectivity index (χ0n) is 11.4. The van der Waals surface area contributed by atoms with Crippen LogP contribution in [0.2, 0.25) is 0 Å². The van der Waals surface area contributed by atoms with Crippen LogP contribution in [0.15, 0.2) is 30.3 Å². The summed E-state index contributed by atoms with van der Waals surface area (Å²) in [6.07, 6.45) is 0.230. The lowest BCUT2D eigenvalue weighted by Gasteiger charge is -2.16. The van der Waals surface area contributed by atoms with Crippen LogP contribution >= 0.6 is 0 Å². The van der Waals surface area contributed by atoms with Crippen LogP contribution in [0.3, 0.4) is 0 Å². The normalized spacial score (nSPS) is 13.2.